The number of hydrazine groups is 1. The second kappa shape index (κ2) is 5.40. The molecule has 6 nitrogen and oxygen atoms in total. The Balaban J connectivity index is 2.10. The van der Waals surface area contributed by atoms with Crippen molar-refractivity contribution in [2.24, 2.45) is 5.84 Å². The molecule has 0 aliphatic heterocycles. The van der Waals surface area contributed by atoms with Crippen LogP contribution in [-0.2, 0) is 0 Å². The zero-order valence-corrected chi connectivity index (χ0v) is 11.8. The first-order chi connectivity index (χ1) is 9.76. The third-order valence-electron chi connectivity index (χ3n) is 2.59. The van der Waals surface area contributed by atoms with Crippen molar-refractivity contribution in [1.29, 1.82) is 0 Å². The van der Waals surface area contributed by atoms with Gasteiger partial charge >= 0.3 is 0 Å². The summed E-state index contributed by atoms with van der Waals surface area (Å²) in [5.41, 5.74) is 3.17. The molecule has 20 heavy (non-hydrogen) atoms. The summed E-state index contributed by atoms with van der Waals surface area (Å²) < 4.78 is 6.60. The molecule has 3 aromatic rings. The lowest BCUT2D eigenvalue weighted by atomic mass is 10.2. The van der Waals surface area contributed by atoms with Crippen LogP contribution in [0.3, 0.4) is 0 Å². The molecule has 0 spiro atoms. The number of aromatic nitrogens is 3. The van der Waals surface area contributed by atoms with Gasteiger partial charge in [-0.3, -0.25) is 10.4 Å². The summed E-state index contributed by atoms with van der Waals surface area (Å²) in [5.74, 6) is 6.67. The van der Waals surface area contributed by atoms with Crippen molar-refractivity contribution in [3.05, 3.63) is 47.2 Å². The van der Waals surface area contributed by atoms with Gasteiger partial charge in [-0.2, -0.15) is 4.98 Å². The number of para-hydroxylation sites is 1. The van der Waals surface area contributed by atoms with Gasteiger partial charge in [0.1, 0.15) is 5.75 Å². The minimum atomic E-state index is 0.293. The number of halogens is 1. The van der Waals surface area contributed by atoms with Crippen molar-refractivity contribution in [3.63, 3.8) is 0 Å². The molecule has 0 saturated carbocycles. The molecule has 2 aromatic heterocycles. The van der Waals surface area contributed by atoms with Gasteiger partial charge in [-0.1, -0.05) is 12.1 Å². The number of nitrogens with zero attached hydrogens (tertiary/aromatic N) is 3. The van der Waals surface area contributed by atoms with Crippen LogP contribution in [0.5, 0.6) is 11.6 Å². The van der Waals surface area contributed by atoms with Crippen LogP contribution in [0, 0.1) is 0 Å². The molecule has 0 aliphatic rings. The van der Waals surface area contributed by atoms with Crippen LogP contribution in [0.25, 0.3) is 10.9 Å². The number of benzene rings is 1. The first-order valence-electron chi connectivity index (χ1n) is 5.78. The summed E-state index contributed by atoms with van der Waals surface area (Å²) in [5, 5.41) is 0.798. The topological polar surface area (TPSA) is 86.0 Å². The summed E-state index contributed by atoms with van der Waals surface area (Å²) in [6.45, 7) is 0. The van der Waals surface area contributed by atoms with Crippen molar-refractivity contribution in [1.82, 2.24) is 15.0 Å². The van der Waals surface area contributed by atoms with Gasteiger partial charge in [0.2, 0.25) is 11.8 Å². The molecule has 7 heteroatoms. The Morgan fingerprint density at radius 2 is 2.00 bits per heavy atom. The van der Waals surface area contributed by atoms with E-state index in [2.05, 4.69) is 36.3 Å². The van der Waals surface area contributed by atoms with E-state index in [0.29, 0.717) is 17.6 Å². The van der Waals surface area contributed by atoms with Crippen LogP contribution in [0.4, 0.5) is 5.95 Å². The highest BCUT2D eigenvalue weighted by molar-refractivity contribution is 9.10. The van der Waals surface area contributed by atoms with E-state index in [-0.39, 0.29) is 0 Å². The molecular formula is C13H10BrN5O. The Bertz CT molecular complexity index is 765. The molecule has 100 valence electrons. The molecule has 3 N–H and O–H groups in total. The standard InChI is InChI=1S/C13H10BrN5O/c14-8-5-9(7-16-6-8)20-12-10-3-1-2-4-11(10)17-13(18-12)19-15/h1-7H,15H2,(H,17,18,19). The molecule has 0 amide bonds. The normalized spacial score (nSPS) is 10.5. The van der Waals surface area contributed by atoms with E-state index in [1.54, 1.807) is 18.5 Å². The zero-order valence-electron chi connectivity index (χ0n) is 10.2. The Kier molecular flexibility index (Phi) is 3.44. The highest BCUT2D eigenvalue weighted by Gasteiger charge is 2.09. The second-order valence-electron chi connectivity index (χ2n) is 3.95. The van der Waals surface area contributed by atoms with Crippen LogP contribution in [-0.4, -0.2) is 15.0 Å². The lowest BCUT2D eigenvalue weighted by Gasteiger charge is -2.09. The predicted molar refractivity (Wildman–Crippen MR) is 79.4 cm³/mol. The van der Waals surface area contributed by atoms with Gasteiger partial charge in [0.15, 0.2) is 0 Å². The SMILES string of the molecule is NNc1nc(Oc2cncc(Br)c2)c2ccccc2n1. The lowest BCUT2D eigenvalue weighted by molar-refractivity contribution is 0.466. The highest BCUT2D eigenvalue weighted by Crippen LogP contribution is 2.28. The summed E-state index contributed by atoms with van der Waals surface area (Å²) >= 11 is 3.35. The van der Waals surface area contributed by atoms with Crippen LogP contribution in [0.2, 0.25) is 0 Å². The minimum Gasteiger partial charge on any atom is -0.437 e. The van der Waals surface area contributed by atoms with Crippen LogP contribution in [0.1, 0.15) is 0 Å². The van der Waals surface area contributed by atoms with Gasteiger partial charge in [0.05, 0.1) is 17.1 Å². The number of anilines is 1. The molecular weight excluding hydrogens is 322 g/mol. The van der Waals surface area contributed by atoms with E-state index in [1.165, 1.54) is 0 Å². The predicted octanol–water partition coefficient (Wildman–Crippen LogP) is 2.87. The van der Waals surface area contributed by atoms with E-state index < -0.39 is 0 Å². The maximum absolute atomic E-state index is 5.78. The lowest BCUT2D eigenvalue weighted by Crippen LogP contribution is -2.11. The molecule has 0 atom stereocenters. The highest BCUT2D eigenvalue weighted by atomic mass is 79.9. The van der Waals surface area contributed by atoms with E-state index >= 15 is 0 Å². The van der Waals surface area contributed by atoms with Crippen molar-refractivity contribution >= 4 is 32.8 Å². The third-order valence-corrected chi connectivity index (χ3v) is 3.03. The van der Waals surface area contributed by atoms with Gasteiger partial charge in [-0.05, 0) is 34.1 Å². The molecule has 0 saturated heterocycles. The average Bonchev–Trinajstić information content (AvgIpc) is 2.47. The van der Waals surface area contributed by atoms with Gasteiger partial charge in [0, 0.05) is 10.7 Å². The van der Waals surface area contributed by atoms with Crippen LogP contribution < -0.4 is 16.0 Å². The number of hydrogen-bond donors (Lipinski definition) is 2. The van der Waals surface area contributed by atoms with Gasteiger partial charge in [0.25, 0.3) is 0 Å². The quantitative estimate of drug-likeness (QED) is 0.567. The largest absolute Gasteiger partial charge is 0.437 e. The van der Waals surface area contributed by atoms with Gasteiger partial charge in [-0.15, -0.1) is 0 Å². The molecule has 3 rings (SSSR count). The van der Waals surface area contributed by atoms with Crippen molar-refractivity contribution < 1.29 is 4.74 Å². The summed E-state index contributed by atoms with van der Waals surface area (Å²) in [6, 6.07) is 9.34. The van der Waals surface area contributed by atoms with Crippen molar-refractivity contribution in [2.45, 2.75) is 0 Å². The van der Waals surface area contributed by atoms with E-state index in [9.17, 15) is 0 Å². The maximum Gasteiger partial charge on any atom is 0.241 e. The van der Waals surface area contributed by atoms with E-state index in [0.717, 1.165) is 15.4 Å². The van der Waals surface area contributed by atoms with Crippen molar-refractivity contribution in [2.75, 3.05) is 5.43 Å². The number of hydrogen-bond acceptors (Lipinski definition) is 6. The molecule has 0 aliphatic carbocycles. The fourth-order valence-electron chi connectivity index (χ4n) is 1.75. The monoisotopic (exact) mass is 331 g/mol. The fraction of sp³-hybridized carbons (Fsp3) is 0. The first-order valence-corrected chi connectivity index (χ1v) is 6.57. The first kappa shape index (κ1) is 12.8. The Labute approximate surface area is 123 Å². The number of nitrogens with two attached hydrogens (primary N) is 1. The smallest absolute Gasteiger partial charge is 0.241 e. The number of pyridine rings is 1. The summed E-state index contributed by atoms with van der Waals surface area (Å²) in [4.78, 5) is 12.5. The average molecular weight is 332 g/mol. The molecule has 2 heterocycles. The number of ether oxygens (including phenoxy) is 1. The Morgan fingerprint density at radius 1 is 1.15 bits per heavy atom. The molecule has 0 unspecified atom stereocenters. The van der Waals surface area contributed by atoms with E-state index in [1.807, 2.05) is 24.3 Å². The van der Waals surface area contributed by atoms with Gasteiger partial charge < -0.3 is 4.74 Å². The molecule has 1 aromatic carbocycles. The maximum atomic E-state index is 5.78. The van der Waals surface area contributed by atoms with Crippen LogP contribution >= 0.6 is 15.9 Å². The second-order valence-corrected chi connectivity index (χ2v) is 4.87. The zero-order chi connectivity index (χ0) is 13.9. The minimum absolute atomic E-state index is 0.293. The Hall–Kier alpha value is -2.25. The molecule has 0 bridgehead atoms. The van der Waals surface area contributed by atoms with Gasteiger partial charge in [-0.25, -0.2) is 10.8 Å². The Morgan fingerprint density at radius 3 is 2.80 bits per heavy atom. The number of nitrogen functional groups attached to an aromatic ring is 1. The number of rotatable bonds is 3. The third kappa shape index (κ3) is 2.54. The van der Waals surface area contributed by atoms with Crippen LogP contribution in [0.15, 0.2) is 47.2 Å². The number of fused-ring (bicyclic) bond motifs is 1. The molecule has 0 radical (unpaired) electrons. The number of nitrogens with one attached hydrogen (secondary N) is 1. The van der Waals surface area contributed by atoms with Crippen molar-refractivity contribution in [3.8, 4) is 11.6 Å². The fourth-order valence-corrected chi connectivity index (χ4v) is 2.09. The summed E-state index contributed by atoms with van der Waals surface area (Å²) in [7, 11) is 0. The molecule has 0 fully saturated rings. The summed E-state index contributed by atoms with van der Waals surface area (Å²) in [6.07, 6.45) is 3.29. The van der Waals surface area contributed by atoms with E-state index in [4.69, 9.17) is 10.6 Å².